The molecule has 16 heteroatoms. The zero-order valence-electron chi connectivity index (χ0n) is 45.8. The van der Waals surface area contributed by atoms with E-state index in [2.05, 4.69) is 147 Å². The molecule has 6 N–H and O–H groups in total. The van der Waals surface area contributed by atoms with Crippen LogP contribution in [0.25, 0.3) is 44.3 Å². The Balaban J connectivity index is 1.15. The molecule has 0 saturated carbocycles. The summed E-state index contributed by atoms with van der Waals surface area (Å²) in [4.78, 5) is 19.5. The highest BCUT2D eigenvalue weighted by Crippen LogP contribution is 2.40. The molecule has 6 heterocycles. The lowest BCUT2D eigenvalue weighted by Gasteiger charge is -2.46. The SMILES string of the molecule is CC1(C)CC(Nc2nccc(-c3cn(COCC[Si](C)(C)C)c4cc(C(O)(CO)c5ccc6c(-c7ccnc(NC8CC(C)(C)NC(C)(C)C8)n7)cn(COCC[Si](C)(C)C)c6c5)ccc34)n2)CC(C)(C)N1. The average Bonchev–Trinajstić information content (AvgIpc) is 3.81. The van der Waals surface area contributed by atoms with E-state index in [1.54, 1.807) is 0 Å². The first kappa shape index (κ1) is 53.8. The van der Waals surface area contributed by atoms with E-state index in [4.69, 9.17) is 19.4 Å². The molecule has 2 aromatic carbocycles. The number of hydrogen-bond donors (Lipinski definition) is 6. The number of aliphatic hydroxyl groups excluding tert-OH is 1. The third-order valence-electron chi connectivity index (χ3n) is 14.3. The lowest BCUT2D eigenvalue weighted by molar-refractivity contribution is 0.0174. The maximum atomic E-state index is 12.9. The Morgan fingerprint density at radius 3 is 1.33 bits per heavy atom. The van der Waals surface area contributed by atoms with Crippen molar-refractivity contribution in [1.29, 1.82) is 0 Å². The summed E-state index contributed by atoms with van der Waals surface area (Å²) in [5.41, 5.74) is 4.42. The van der Waals surface area contributed by atoms with Gasteiger partial charge in [0, 0.05) is 110 Å². The number of aliphatic hydroxyl groups is 2. The highest BCUT2D eigenvalue weighted by Gasteiger charge is 2.40. The minimum atomic E-state index is -1.75. The average molecular weight is 1020 g/mol. The molecule has 2 fully saturated rings. The van der Waals surface area contributed by atoms with Crippen LogP contribution < -0.4 is 21.3 Å². The third kappa shape index (κ3) is 13.0. The van der Waals surface area contributed by atoms with Gasteiger partial charge in [0.25, 0.3) is 0 Å². The van der Waals surface area contributed by atoms with Crippen molar-refractivity contribution in [2.75, 3.05) is 30.5 Å². The lowest BCUT2D eigenvalue weighted by Crippen LogP contribution is -2.60. The molecule has 390 valence electrons. The number of aromatic nitrogens is 6. The first-order valence-corrected chi connectivity index (χ1v) is 33.5. The van der Waals surface area contributed by atoms with E-state index in [1.165, 1.54) is 0 Å². The summed E-state index contributed by atoms with van der Waals surface area (Å²) < 4.78 is 17.0. The first-order valence-electron chi connectivity index (χ1n) is 26.1. The normalized spacial score (nSPS) is 18.5. The van der Waals surface area contributed by atoms with Crippen molar-refractivity contribution in [3.63, 3.8) is 0 Å². The molecule has 0 bridgehead atoms. The Labute approximate surface area is 430 Å². The van der Waals surface area contributed by atoms with Crippen molar-refractivity contribution in [2.45, 2.75) is 186 Å². The van der Waals surface area contributed by atoms with Crippen LogP contribution in [-0.2, 0) is 28.5 Å². The second-order valence-corrected chi connectivity index (χ2v) is 37.3. The van der Waals surface area contributed by atoms with Crippen molar-refractivity contribution >= 4 is 49.9 Å². The first-order chi connectivity index (χ1) is 33.6. The molecule has 14 nitrogen and oxygen atoms in total. The van der Waals surface area contributed by atoms with Gasteiger partial charge < -0.3 is 50.1 Å². The van der Waals surface area contributed by atoms with Crippen molar-refractivity contribution in [3.05, 3.63) is 84.4 Å². The number of hydrogen-bond acceptors (Lipinski definition) is 12. The van der Waals surface area contributed by atoms with Crippen LogP contribution in [0.15, 0.2) is 73.3 Å². The Kier molecular flexibility index (Phi) is 15.2. The van der Waals surface area contributed by atoms with E-state index in [1.807, 2.05) is 60.9 Å². The van der Waals surface area contributed by atoms with Crippen LogP contribution in [0.2, 0.25) is 51.4 Å². The van der Waals surface area contributed by atoms with E-state index in [-0.39, 0.29) is 34.2 Å². The highest BCUT2D eigenvalue weighted by atomic mass is 28.3. The van der Waals surface area contributed by atoms with E-state index in [0.717, 1.165) is 82.1 Å². The molecular weight excluding hydrogens is 933 g/mol. The van der Waals surface area contributed by atoms with Crippen molar-refractivity contribution in [2.24, 2.45) is 0 Å². The van der Waals surface area contributed by atoms with E-state index >= 15 is 0 Å². The summed E-state index contributed by atoms with van der Waals surface area (Å²) in [5.74, 6) is 1.19. The van der Waals surface area contributed by atoms with Crippen LogP contribution in [0.4, 0.5) is 11.9 Å². The van der Waals surface area contributed by atoms with Crippen LogP contribution in [0, 0.1) is 0 Å². The molecule has 0 amide bonds. The van der Waals surface area contributed by atoms with Gasteiger partial charge in [0.2, 0.25) is 11.9 Å². The van der Waals surface area contributed by atoms with Crippen LogP contribution in [0.5, 0.6) is 0 Å². The number of ether oxygens (including phenoxy) is 2. The fraction of sp³-hybridized carbons (Fsp3) is 0.571. The van der Waals surface area contributed by atoms with Gasteiger partial charge >= 0.3 is 0 Å². The summed E-state index contributed by atoms with van der Waals surface area (Å²) in [7, 11) is -2.67. The van der Waals surface area contributed by atoms with Gasteiger partial charge in [-0.2, -0.15) is 0 Å². The van der Waals surface area contributed by atoms with Crippen LogP contribution in [0.1, 0.15) is 92.2 Å². The third-order valence-corrected chi connectivity index (χ3v) is 17.7. The second-order valence-electron chi connectivity index (χ2n) is 26.0. The molecule has 0 aliphatic carbocycles. The molecule has 0 spiro atoms. The minimum absolute atomic E-state index is 0.0308. The second kappa shape index (κ2) is 20.3. The predicted octanol–water partition coefficient (Wildman–Crippen LogP) is 10.8. The number of nitrogens with zero attached hydrogens (tertiary/aromatic N) is 6. The summed E-state index contributed by atoms with van der Waals surface area (Å²) in [6, 6.07) is 18.3. The smallest absolute Gasteiger partial charge is 0.223 e. The van der Waals surface area contributed by atoms with Crippen LogP contribution in [-0.4, -0.2) is 109 Å². The number of piperidine rings is 2. The monoisotopic (exact) mass is 1020 g/mol. The lowest BCUT2D eigenvalue weighted by atomic mass is 9.79. The van der Waals surface area contributed by atoms with Gasteiger partial charge in [0.1, 0.15) is 19.1 Å². The fourth-order valence-corrected chi connectivity index (χ4v) is 13.0. The number of rotatable bonds is 19. The van der Waals surface area contributed by atoms with Crippen molar-refractivity contribution < 1.29 is 19.7 Å². The Hall–Kier alpha value is -4.53. The number of fused-ring (bicyclic) bond motifs is 2. The highest BCUT2D eigenvalue weighted by molar-refractivity contribution is 6.76. The Morgan fingerprint density at radius 1 is 0.611 bits per heavy atom. The Bertz CT molecular complexity index is 2640. The van der Waals surface area contributed by atoms with E-state index < -0.39 is 28.4 Å². The maximum Gasteiger partial charge on any atom is 0.223 e. The predicted molar refractivity (Wildman–Crippen MR) is 300 cm³/mol. The van der Waals surface area contributed by atoms with Gasteiger partial charge in [-0.05, 0) is 129 Å². The van der Waals surface area contributed by atoms with Crippen LogP contribution >= 0.6 is 0 Å². The zero-order chi connectivity index (χ0) is 52.1. The maximum absolute atomic E-state index is 12.9. The number of anilines is 2. The topological polar surface area (TPSA) is 168 Å². The molecule has 2 aliphatic heterocycles. The molecular formula is C56H84N10O4Si2. The molecule has 2 saturated heterocycles. The molecule has 0 atom stereocenters. The minimum Gasteiger partial charge on any atom is -0.393 e. The van der Waals surface area contributed by atoms with Gasteiger partial charge in [0.15, 0.2) is 0 Å². The van der Waals surface area contributed by atoms with E-state index in [9.17, 15) is 10.2 Å². The molecule has 8 rings (SSSR count). The van der Waals surface area contributed by atoms with Gasteiger partial charge in [0.05, 0.1) is 29.0 Å². The summed E-state index contributed by atoms with van der Waals surface area (Å²) >= 11 is 0. The number of benzene rings is 2. The van der Waals surface area contributed by atoms with E-state index in [0.29, 0.717) is 49.7 Å². The van der Waals surface area contributed by atoms with Gasteiger partial charge in [-0.3, -0.25) is 0 Å². The fourth-order valence-electron chi connectivity index (χ4n) is 11.5. The molecule has 2 aliphatic rings. The molecule has 4 aromatic heterocycles. The standard InChI is InChI=1S/C56H84N10O4Si2/c1-52(2)29-40(30-53(3,4)63-52)59-50-57-21-19-46(61-50)44-33-65(36-69-23-25-71(9,10)11)48-27-38(15-17-42(44)48)56(68,35-67)39-16-18-43-45(34-66(49(43)28-39)37-70-24-26-72(12,13)14)47-20-22-58-51(62-47)60-41-31-54(5,6)64-55(7,8)32-41/h15-22,27-28,33-34,40-41,63-64,67-68H,23-26,29-32,35-37H2,1-14H3,(H,57,59,61)(H,58,60,62). The quantitative estimate of drug-likeness (QED) is 0.0336. The Morgan fingerprint density at radius 2 is 0.986 bits per heavy atom. The van der Waals surface area contributed by atoms with Crippen molar-refractivity contribution in [1.82, 2.24) is 39.7 Å². The van der Waals surface area contributed by atoms with Gasteiger partial charge in [-0.25, -0.2) is 19.9 Å². The van der Waals surface area contributed by atoms with Gasteiger partial charge in [-0.1, -0.05) is 63.5 Å². The molecule has 0 radical (unpaired) electrons. The summed E-state index contributed by atoms with van der Waals surface area (Å²) in [5, 5.41) is 41.0. The van der Waals surface area contributed by atoms with Crippen LogP contribution in [0.3, 0.4) is 0 Å². The largest absolute Gasteiger partial charge is 0.393 e. The van der Waals surface area contributed by atoms with Gasteiger partial charge in [-0.15, -0.1) is 0 Å². The summed E-state index contributed by atoms with van der Waals surface area (Å²) in [6.07, 6.45) is 11.6. The summed E-state index contributed by atoms with van der Waals surface area (Å²) in [6.45, 7) is 33.5. The molecule has 6 aromatic rings. The number of nitrogens with one attached hydrogen (secondary N) is 4. The zero-order valence-corrected chi connectivity index (χ0v) is 47.8. The molecule has 0 unspecified atom stereocenters. The molecule has 72 heavy (non-hydrogen) atoms. The van der Waals surface area contributed by atoms with Crippen molar-refractivity contribution in [3.8, 4) is 22.5 Å².